The molecule has 0 atom stereocenters. The minimum Gasteiger partial charge on any atom is -0.384 e. The molecule has 1 aromatic heterocycles. The number of hydrogen-bond donors (Lipinski definition) is 1. The highest BCUT2D eigenvalue weighted by molar-refractivity contribution is 5.51. The van der Waals surface area contributed by atoms with Gasteiger partial charge < -0.3 is 15.4 Å². The molecule has 0 spiro atoms. The van der Waals surface area contributed by atoms with Gasteiger partial charge in [-0.25, -0.2) is 4.98 Å². The number of likely N-dealkylation sites (N-methyl/N-ethyl adjacent to an activating group) is 1. The lowest BCUT2D eigenvalue weighted by atomic mass is 10.3. The summed E-state index contributed by atoms with van der Waals surface area (Å²) in [6, 6.07) is 3.83. The van der Waals surface area contributed by atoms with Crippen molar-refractivity contribution in [1.29, 1.82) is 0 Å². The summed E-state index contributed by atoms with van der Waals surface area (Å²) >= 11 is 0. The van der Waals surface area contributed by atoms with E-state index >= 15 is 0 Å². The Bertz CT molecular complexity index is 278. The van der Waals surface area contributed by atoms with Gasteiger partial charge >= 0.3 is 0 Å². The first-order valence-corrected chi connectivity index (χ1v) is 4.73. The highest BCUT2D eigenvalue weighted by Crippen LogP contribution is 2.14. The quantitative estimate of drug-likeness (QED) is 0.765. The molecule has 0 aliphatic carbocycles. The summed E-state index contributed by atoms with van der Waals surface area (Å²) in [6.07, 6.45) is 1.72. The number of nitrogen functional groups attached to an aromatic ring is 1. The summed E-state index contributed by atoms with van der Waals surface area (Å²) in [5.41, 5.74) is 6.71. The van der Waals surface area contributed by atoms with E-state index in [0.717, 1.165) is 25.4 Å². The Morgan fingerprint density at radius 2 is 2.36 bits per heavy atom. The molecule has 0 aliphatic rings. The fourth-order valence-corrected chi connectivity index (χ4v) is 1.30. The molecule has 0 fully saturated rings. The molecule has 1 aromatic rings. The van der Waals surface area contributed by atoms with Gasteiger partial charge in [0.05, 0.1) is 6.61 Å². The standard InChI is InChI=1S/C10H17N3O/c1-3-13(6-7-14-2)9-4-5-12-10(11)8-9/h4-5,8H,3,6-7H2,1-2H3,(H2,11,12). The van der Waals surface area contributed by atoms with Crippen LogP contribution < -0.4 is 10.6 Å². The highest BCUT2D eigenvalue weighted by atomic mass is 16.5. The third-order valence-corrected chi connectivity index (χ3v) is 2.08. The maximum absolute atomic E-state index is 5.61. The van der Waals surface area contributed by atoms with E-state index < -0.39 is 0 Å². The Balaban J connectivity index is 2.68. The zero-order valence-corrected chi connectivity index (χ0v) is 8.73. The molecule has 78 valence electrons. The van der Waals surface area contributed by atoms with Crippen LogP contribution in [0.4, 0.5) is 11.5 Å². The molecule has 0 amide bonds. The van der Waals surface area contributed by atoms with Crippen molar-refractivity contribution in [2.24, 2.45) is 0 Å². The highest BCUT2D eigenvalue weighted by Gasteiger charge is 2.03. The van der Waals surface area contributed by atoms with Crippen LogP contribution in [0, 0.1) is 0 Å². The Kier molecular flexibility index (Phi) is 4.19. The monoisotopic (exact) mass is 195 g/mol. The summed E-state index contributed by atoms with van der Waals surface area (Å²) in [4.78, 5) is 6.15. The Hall–Kier alpha value is -1.29. The van der Waals surface area contributed by atoms with Gasteiger partial charge in [0.15, 0.2) is 0 Å². The van der Waals surface area contributed by atoms with Crippen LogP contribution in [0.25, 0.3) is 0 Å². The van der Waals surface area contributed by atoms with Crippen molar-refractivity contribution in [3.63, 3.8) is 0 Å². The summed E-state index contributed by atoms with van der Waals surface area (Å²) in [6.45, 7) is 4.63. The van der Waals surface area contributed by atoms with Crippen molar-refractivity contribution in [1.82, 2.24) is 4.98 Å². The first kappa shape index (κ1) is 10.8. The van der Waals surface area contributed by atoms with Gasteiger partial charge in [0, 0.05) is 38.1 Å². The van der Waals surface area contributed by atoms with E-state index in [-0.39, 0.29) is 0 Å². The normalized spacial score (nSPS) is 10.1. The number of ether oxygens (including phenoxy) is 1. The minimum absolute atomic E-state index is 0.554. The molecule has 14 heavy (non-hydrogen) atoms. The van der Waals surface area contributed by atoms with Crippen LogP contribution in [0.3, 0.4) is 0 Å². The molecule has 0 bridgehead atoms. The van der Waals surface area contributed by atoms with Gasteiger partial charge in [0.2, 0.25) is 0 Å². The second-order valence-electron chi connectivity index (χ2n) is 3.01. The summed E-state index contributed by atoms with van der Waals surface area (Å²) in [5.74, 6) is 0.554. The van der Waals surface area contributed by atoms with Gasteiger partial charge in [-0.05, 0) is 13.0 Å². The number of hydrogen-bond acceptors (Lipinski definition) is 4. The number of nitrogens with zero attached hydrogens (tertiary/aromatic N) is 2. The van der Waals surface area contributed by atoms with Crippen LogP contribution in [-0.4, -0.2) is 31.8 Å². The fraction of sp³-hybridized carbons (Fsp3) is 0.500. The molecule has 0 unspecified atom stereocenters. The van der Waals surface area contributed by atoms with Crippen LogP contribution >= 0.6 is 0 Å². The van der Waals surface area contributed by atoms with E-state index in [9.17, 15) is 0 Å². The largest absolute Gasteiger partial charge is 0.384 e. The van der Waals surface area contributed by atoms with Crippen molar-refractivity contribution in [2.75, 3.05) is 37.4 Å². The van der Waals surface area contributed by atoms with Crippen LogP contribution in [0.5, 0.6) is 0 Å². The first-order valence-electron chi connectivity index (χ1n) is 4.73. The van der Waals surface area contributed by atoms with Crippen molar-refractivity contribution >= 4 is 11.5 Å². The van der Waals surface area contributed by atoms with E-state index in [0.29, 0.717) is 5.82 Å². The molecule has 2 N–H and O–H groups in total. The third-order valence-electron chi connectivity index (χ3n) is 2.08. The van der Waals surface area contributed by atoms with Gasteiger partial charge in [0.1, 0.15) is 5.82 Å². The number of methoxy groups -OCH3 is 1. The van der Waals surface area contributed by atoms with Gasteiger partial charge in [0.25, 0.3) is 0 Å². The van der Waals surface area contributed by atoms with E-state index in [1.54, 1.807) is 13.3 Å². The second-order valence-corrected chi connectivity index (χ2v) is 3.01. The number of rotatable bonds is 5. The predicted molar refractivity (Wildman–Crippen MR) is 58.4 cm³/mol. The van der Waals surface area contributed by atoms with Crippen molar-refractivity contribution in [2.45, 2.75) is 6.92 Å². The topological polar surface area (TPSA) is 51.4 Å². The van der Waals surface area contributed by atoms with Crippen molar-refractivity contribution in [3.8, 4) is 0 Å². The van der Waals surface area contributed by atoms with Crippen LogP contribution in [-0.2, 0) is 4.74 Å². The molecule has 0 radical (unpaired) electrons. The lowest BCUT2D eigenvalue weighted by Gasteiger charge is -2.22. The van der Waals surface area contributed by atoms with Crippen LogP contribution in [0.1, 0.15) is 6.92 Å². The number of aromatic nitrogens is 1. The predicted octanol–water partition coefficient (Wildman–Crippen LogP) is 1.14. The molecule has 0 saturated carbocycles. The second kappa shape index (κ2) is 5.44. The third kappa shape index (κ3) is 2.88. The molecular formula is C10H17N3O. The van der Waals surface area contributed by atoms with Crippen LogP contribution in [0.15, 0.2) is 18.3 Å². The minimum atomic E-state index is 0.554. The average molecular weight is 195 g/mol. The number of nitrogens with two attached hydrogens (primary N) is 1. The maximum atomic E-state index is 5.61. The molecule has 0 aromatic carbocycles. The summed E-state index contributed by atoms with van der Waals surface area (Å²) in [7, 11) is 1.70. The zero-order valence-electron chi connectivity index (χ0n) is 8.73. The van der Waals surface area contributed by atoms with E-state index in [4.69, 9.17) is 10.5 Å². The molecule has 0 saturated heterocycles. The first-order chi connectivity index (χ1) is 6.77. The SMILES string of the molecule is CCN(CCOC)c1ccnc(N)c1. The van der Waals surface area contributed by atoms with Gasteiger partial charge in [-0.2, -0.15) is 0 Å². The summed E-state index contributed by atoms with van der Waals surface area (Å²) < 4.78 is 5.04. The molecule has 4 nitrogen and oxygen atoms in total. The Morgan fingerprint density at radius 1 is 1.57 bits per heavy atom. The van der Waals surface area contributed by atoms with Crippen LogP contribution in [0.2, 0.25) is 0 Å². The molecule has 0 aliphatic heterocycles. The van der Waals surface area contributed by atoms with E-state index in [1.165, 1.54) is 0 Å². The lowest BCUT2D eigenvalue weighted by Crippen LogP contribution is -2.26. The van der Waals surface area contributed by atoms with Crippen molar-refractivity contribution < 1.29 is 4.74 Å². The van der Waals surface area contributed by atoms with E-state index in [2.05, 4.69) is 16.8 Å². The van der Waals surface area contributed by atoms with Gasteiger partial charge in [-0.15, -0.1) is 0 Å². The Morgan fingerprint density at radius 3 is 2.93 bits per heavy atom. The van der Waals surface area contributed by atoms with Gasteiger partial charge in [-0.1, -0.05) is 0 Å². The van der Waals surface area contributed by atoms with Gasteiger partial charge in [-0.3, -0.25) is 0 Å². The molecule has 1 heterocycles. The molecule has 1 rings (SSSR count). The Labute approximate surface area is 84.7 Å². The van der Waals surface area contributed by atoms with E-state index in [1.807, 2.05) is 12.1 Å². The zero-order chi connectivity index (χ0) is 10.4. The fourth-order valence-electron chi connectivity index (χ4n) is 1.30. The molecule has 4 heteroatoms. The summed E-state index contributed by atoms with van der Waals surface area (Å²) in [5, 5.41) is 0. The lowest BCUT2D eigenvalue weighted by molar-refractivity contribution is 0.205. The smallest absolute Gasteiger partial charge is 0.125 e. The van der Waals surface area contributed by atoms with Crippen molar-refractivity contribution in [3.05, 3.63) is 18.3 Å². The number of anilines is 2. The number of pyridine rings is 1. The average Bonchev–Trinajstić information content (AvgIpc) is 2.19. The maximum Gasteiger partial charge on any atom is 0.125 e. The molecular weight excluding hydrogens is 178 g/mol.